The minimum Gasteiger partial charge on any atom is -0.872 e. The van der Waals surface area contributed by atoms with Gasteiger partial charge in [-0.25, -0.2) is 0 Å². The lowest BCUT2D eigenvalue weighted by Gasteiger charge is -2.29. The number of hydrogen-bond donors (Lipinski definition) is 1. The Hall–Kier alpha value is -3.03. The number of amides is 1. The maximum absolute atomic E-state index is 13.2. The number of nitrogens with zero attached hydrogens (tertiary/aromatic N) is 2. The predicted octanol–water partition coefficient (Wildman–Crippen LogP) is -0.0808. The number of benzene rings is 1. The molecule has 2 saturated heterocycles. The highest BCUT2D eigenvalue weighted by molar-refractivity contribution is 6.46. The number of Topliss-reactive ketones (excluding diaryl/α,β-unsaturated/α-hetero) is 1. The number of morpholine rings is 1. The first-order chi connectivity index (χ1) is 15.1. The second-order valence-corrected chi connectivity index (χ2v) is 8.09. The third kappa shape index (κ3) is 4.52. The van der Waals surface area contributed by atoms with Gasteiger partial charge in [0.25, 0.3) is 5.91 Å². The summed E-state index contributed by atoms with van der Waals surface area (Å²) in [5.74, 6) is -1.71. The number of nitrogens with one attached hydrogen (secondary N) is 1. The summed E-state index contributed by atoms with van der Waals surface area (Å²) in [5, 5.41) is 13.2. The molecular formula is C24H27N3O4. The summed E-state index contributed by atoms with van der Waals surface area (Å²) in [5.41, 5.74) is 2.24. The van der Waals surface area contributed by atoms with Crippen LogP contribution in [0.5, 0.6) is 0 Å². The van der Waals surface area contributed by atoms with Crippen LogP contribution in [-0.2, 0) is 14.3 Å². The zero-order chi connectivity index (χ0) is 21.8. The SMILES string of the molecule is Cc1ccc(C2C(=C([O-])c3ccncc3)C(=O)C(=O)N2CCC[NH+]2CCOCC2)cc1. The standard InChI is InChI=1S/C24H27N3O4/c1-17-3-5-18(6-4-17)21-20(22(28)19-7-9-25-10-8-19)23(29)24(30)27(21)12-2-11-26-13-15-31-16-14-26/h3-10,21,28H,2,11-16H2,1H3. The number of ketones is 1. The highest BCUT2D eigenvalue weighted by atomic mass is 16.5. The molecule has 1 amide bonds. The Morgan fingerprint density at radius 1 is 1.13 bits per heavy atom. The van der Waals surface area contributed by atoms with Crippen molar-refractivity contribution in [2.75, 3.05) is 39.4 Å². The summed E-state index contributed by atoms with van der Waals surface area (Å²) >= 11 is 0. The number of hydrogen-bond acceptors (Lipinski definition) is 5. The van der Waals surface area contributed by atoms with Crippen LogP contribution in [0.25, 0.3) is 5.76 Å². The molecule has 3 heterocycles. The van der Waals surface area contributed by atoms with Gasteiger partial charge in [0.1, 0.15) is 13.1 Å². The zero-order valence-electron chi connectivity index (χ0n) is 17.7. The van der Waals surface area contributed by atoms with E-state index in [9.17, 15) is 14.7 Å². The summed E-state index contributed by atoms with van der Waals surface area (Å²) in [4.78, 5) is 32.9. The molecule has 7 heteroatoms. The van der Waals surface area contributed by atoms with Crippen molar-refractivity contribution in [1.82, 2.24) is 9.88 Å². The lowest BCUT2D eigenvalue weighted by atomic mass is 9.95. The maximum Gasteiger partial charge on any atom is 0.295 e. The van der Waals surface area contributed by atoms with Gasteiger partial charge in [-0.15, -0.1) is 0 Å². The van der Waals surface area contributed by atoms with Gasteiger partial charge in [0.05, 0.1) is 25.8 Å². The average Bonchev–Trinajstić information content (AvgIpc) is 3.05. The fraction of sp³-hybridized carbons (Fsp3) is 0.375. The molecule has 4 rings (SSSR count). The van der Waals surface area contributed by atoms with Crippen LogP contribution in [0.1, 0.15) is 29.2 Å². The Balaban J connectivity index is 1.65. The lowest BCUT2D eigenvalue weighted by molar-refractivity contribution is -0.908. The second kappa shape index (κ2) is 9.41. The fourth-order valence-electron chi connectivity index (χ4n) is 4.26. The maximum atomic E-state index is 13.2. The van der Waals surface area contributed by atoms with E-state index >= 15 is 0 Å². The van der Waals surface area contributed by atoms with Crippen LogP contribution >= 0.6 is 0 Å². The Labute approximate surface area is 182 Å². The van der Waals surface area contributed by atoms with Crippen molar-refractivity contribution in [3.63, 3.8) is 0 Å². The van der Waals surface area contributed by atoms with Gasteiger partial charge in [0, 0.05) is 30.9 Å². The van der Waals surface area contributed by atoms with Gasteiger partial charge in [-0.1, -0.05) is 35.6 Å². The van der Waals surface area contributed by atoms with Gasteiger partial charge < -0.3 is 19.6 Å². The number of rotatable bonds is 6. The molecule has 1 aromatic heterocycles. The largest absolute Gasteiger partial charge is 0.872 e. The molecule has 31 heavy (non-hydrogen) atoms. The molecule has 2 aliphatic heterocycles. The Bertz CT molecular complexity index is 966. The Morgan fingerprint density at radius 3 is 2.48 bits per heavy atom. The Kier molecular flexibility index (Phi) is 6.44. The van der Waals surface area contributed by atoms with E-state index in [1.54, 1.807) is 17.0 Å². The summed E-state index contributed by atoms with van der Waals surface area (Å²) in [6.07, 6.45) is 3.78. The van der Waals surface area contributed by atoms with Crippen LogP contribution < -0.4 is 10.0 Å². The molecular weight excluding hydrogens is 394 g/mol. The number of pyridine rings is 1. The van der Waals surface area contributed by atoms with Crippen molar-refractivity contribution < 1.29 is 24.3 Å². The first-order valence-corrected chi connectivity index (χ1v) is 10.7. The van der Waals surface area contributed by atoms with E-state index in [2.05, 4.69) is 4.98 Å². The van der Waals surface area contributed by atoms with Crippen molar-refractivity contribution in [1.29, 1.82) is 0 Å². The molecule has 0 aliphatic carbocycles. The van der Waals surface area contributed by atoms with Crippen LogP contribution in [0, 0.1) is 6.92 Å². The number of carbonyl (C=O) groups is 2. The number of quaternary nitrogens is 1. The predicted molar refractivity (Wildman–Crippen MR) is 113 cm³/mol. The third-order valence-corrected chi connectivity index (χ3v) is 5.99. The Morgan fingerprint density at radius 2 is 1.81 bits per heavy atom. The van der Waals surface area contributed by atoms with Gasteiger partial charge in [-0.3, -0.25) is 14.6 Å². The highest BCUT2D eigenvalue weighted by Crippen LogP contribution is 2.38. The molecule has 0 radical (unpaired) electrons. The number of ether oxygens (including phenoxy) is 1. The summed E-state index contributed by atoms with van der Waals surface area (Å²) in [7, 11) is 0. The van der Waals surface area contributed by atoms with Gasteiger partial charge in [0.15, 0.2) is 0 Å². The van der Waals surface area contributed by atoms with E-state index in [1.807, 2.05) is 31.2 Å². The van der Waals surface area contributed by atoms with E-state index in [0.717, 1.165) is 50.4 Å². The topological polar surface area (TPSA) is 87.0 Å². The quantitative estimate of drug-likeness (QED) is 0.401. The lowest BCUT2D eigenvalue weighted by Crippen LogP contribution is -3.14. The molecule has 1 unspecified atom stereocenters. The normalized spacial score (nSPS) is 21.6. The van der Waals surface area contributed by atoms with Gasteiger partial charge in [-0.05, 0) is 30.2 Å². The molecule has 7 nitrogen and oxygen atoms in total. The van der Waals surface area contributed by atoms with Gasteiger partial charge >= 0.3 is 0 Å². The van der Waals surface area contributed by atoms with Crippen molar-refractivity contribution in [3.05, 3.63) is 71.1 Å². The zero-order valence-corrected chi connectivity index (χ0v) is 17.7. The first-order valence-electron chi connectivity index (χ1n) is 10.7. The van der Waals surface area contributed by atoms with Crippen LogP contribution in [0.2, 0.25) is 0 Å². The minimum absolute atomic E-state index is 0.0266. The number of likely N-dealkylation sites (tertiary alicyclic amines) is 1. The molecule has 2 fully saturated rings. The van der Waals surface area contributed by atoms with E-state index < -0.39 is 23.5 Å². The third-order valence-electron chi connectivity index (χ3n) is 5.99. The van der Waals surface area contributed by atoms with E-state index in [-0.39, 0.29) is 5.57 Å². The summed E-state index contributed by atoms with van der Waals surface area (Å²) in [6.45, 7) is 6.71. The number of aryl methyl sites for hydroxylation is 1. The van der Waals surface area contributed by atoms with Crippen LogP contribution in [-0.4, -0.2) is 61.0 Å². The molecule has 1 aromatic carbocycles. The average molecular weight is 421 g/mol. The van der Waals surface area contributed by atoms with E-state index in [4.69, 9.17) is 4.74 Å². The van der Waals surface area contributed by atoms with Crippen LogP contribution in [0.4, 0.5) is 0 Å². The fourth-order valence-corrected chi connectivity index (χ4v) is 4.26. The second-order valence-electron chi connectivity index (χ2n) is 8.09. The van der Waals surface area contributed by atoms with E-state index in [0.29, 0.717) is 12.1 Å². The highest BCUT2D eigenvalue weighted by Gasteiger charge is 2.43. The van der Waals surface area contributed by atoms with Gasteiger partial charge in [-0.2, -0.15) is 0 Å². The molecule has 2 aromatic rings. The van der Waals surface area contributed by atoms with Crippen LogP contribution in [0.3, 0.4) is 0 Å². The van der Waals surface area contributed by atoms with E-state index in [1.165, 1.54) is 17.3 Å². The minimum atomic E-state index is -0.703. The van der Waals surface area contributed by atoms with Crippen molar-refractivity contribution in [3.8, 4) is 0 Å². The molecule has 0 bridgehead atoms. The molecule has 0 saturated carbocycles. The van der Waals surface area contributed by atoms with Crippen molar-refractivity contribution >= 4 is 17.4 Å². The summed E-state index contributed by atoms with van der Waals surface area (Å²) < 4.78 is 5.40. The van der Waals surface area contributed by atoms with Gasteiger partial charge in [0.2, 0.25) is 5.78 Å². The monoisotopic (exact) mass is 421 g/mol. The molecule has 162 valence electrons. The molecule has 0 spiro atoms. The smallest absolute Gasteiger partial charge is 0.295 e. The molecule has 1 atom stereocenters. The van der Waals surface area contributed by atoms with Crippen molar-refractivity contribution in [2.45, 2.75) is 19.4 Å². The molecule has 1 N–H and O–H groups in total. The van der Waals surface area contributed by atoms with Crippen molar-refractivity contribution in [2.24, 2.45) is 0 Å². The number of carbonyl (C=O) groups excluding carboxylic acids is 2. The molecule has 2 aliphatic rings. The first kappa shape index (κ1) is 21.2. The van der Waals surface area contributed by atoms with Crippen LogP contribution in [0.15, 0.2) is 54.4 Å². The number of aromatic nitrogens is 1. The summed E-state index contributed by atoms with van der Waals surface area (Å²) in [6, 6.07) is 10.1.